The number of hydrogen-bond donors (Lipinski definition) is 2. The molecule has 0 radical (unpaired) electrons. The number of esters is 1. The van der Waals surface area contributed by atoms with Crippen LogP contribution in [-0.2, 0) is 25.5 Å². The Balaban J connectivity index is 1.66. The first kappa shape index (κ1) is 35.2. The van der Waals surface area contributed by atoms with E-state index in [0.29, 0.717) is 25.3 Å². The van der Waals surface area contributed by atoms with Crippen molar-refractivity contribution in [2.24, 2.45) is 0 Å². The number of rotatable bonds is 10. The maximum Gasteiger partial charge on any atom is 0.308 e. The molecule has 1 aromatic heterocycles. The van der Waals surface area contributed by atoms with E-state index in [1.165, 1.54) is 28.0 Å². The Bertz CT molecular complexity index is 1600. The summed E-state index contributed by atoms with van der Waals surface area (Å²) in [5, 5.41) is 1.76. The van der Waals surface area contributed by atoms with Crippen LogP contribution in [0.1, 0.15) is 74.3 Å². The predicted molar refractivity (Wildman–Crippen MR) is 185 cm³/mol. The second-order valence-corrected chi connectivity index (χ2v) is 14.3. The summed E-state index contributed by atoms with van der Waals surface area (Å²) in [5.41, 5.74) is 10.9. The molecule has 10 heteroatoms. The number of likely N-dealkylation sites (N-methyl/N-ethyl adjacent to an activating group) is 1. The van der Waals surface area contributed by atoms with E-state index in [1.807, 2.05) is 36.1 Å². The van der Waals surface area contributed by atoms with Gasteiger partial charge >= 0.3 is 5.97 Å². The zero-order valence-electron chi connectivity index (χ0n) is 28.5. The van der Waals surface area contributed by atoms with Gasteiger partial charge in [-0.3, -0.25) is 14.4 Å². The largest absolute Gasteiger partial charge is 0.460 e. The van der Waals surface area contributed by atoms with Crippen molar-refractivity contribution in [1.82, 2.24) is 19.5 Å². The van der Waals surface area contributed by atoms with Crippen LogP contribution >= 0.6 is 11.9 Å². The molecule has 248 valence electrons. The molecule has 1 fully saturated rings. The molecule has 4 rings (SSSR count). The van der Waals surface area contributed by atoms with Gasteiger partial charge in [-0.05, 0) is 119 Å². The molecule has 2 atom stereocenters. The Morgan fingerprint density at radius 1 is 1.02 bits per heavy atom. The number of benzene rings is 2. The van der Waals surface area contributed by atoms with E-state index in [0.717, 1.165) is 51.6 Å². The lowest BCUT2D eigenvalue weighted by Gasteiger charge is -2.36. The number of hydrogen-bond acceptors (Lipinski definition) is 8. The van der Waals surface area contributed by atoms with Crippen LogP contribution in [0.25, 0.3) is 10.8 Å². The molecule has 0 spiro atoms. The van der Waals surface area contributed by atoms with Crippen molar-refractivity contribution < 1.29 is 19.1 Å². The summed E-state index contributed by atoms with van der Waals surface area (Å²) >= 11 is 1.35. The van der Waals surface area contributed by atoms with Crippen molar-refractivity contribution in [2.45, 2.75) is 103 Å². The maximum atomic E-state index is 14.4. The molecule has 9 nitrogen and oxygen atoms in total. The number of nitrogens with one attached hydrogen (secondary N) is 1. The summed E-state index contributed by atoms with van der Waals surface area (Å²) in [4.78, 5) is 50.2. The number of nitrogen functional groups attached to an aromatic ring is 1. The fourth-order valence-electron chi connectivity index (χ4n) is 5.99. The summed E-state index contributed by atoms with van der Waals surface area (Å²) in [7, 11) is 1.67. The van der Waals surface area contributed by atoms with Crippen LogP contribution < -0.4 is 10.5 Å². The molecule has 2 heterocycles. The second-order valence-electron chi connectivity index (χ2n) is 13.5. The zero-order chi connectivity index (χ0) is 33.8. The van der Waals surface area contributed by atoms with Crippen LogP contribution in [0.5, 0.6) is 0 Å². The van der Waals surface area contributed by atoms with Gasteiger partial charge in [0.05, 0.1) is 6.42 Å². The van der Waals surface area contributed by atoms with Crippen LogP contribution in [0.3, 0.4) is 0 Å². The number of pyridine rings is 1. The molecule has 3 N–H and O–H groups in total. The molecule has 2 amide bonds. The monoisotopic (exact) mass is 647 g/mol. The number of piperidine rings is 1. The van der Waals surface area contributed by atoms with Gasteiger partial charge in [0.25, 0.3) is 0 Å². The first-order chi connectivity index (χ1) is 21.7. The van der Waals surface area contributed by atoms with E-state index in [1.54, 1.807) is 34.0 Å². The summed E-state index contributed by atoms with van der Waals surface area (Å²) in [5.74, 6) is -0.475. The van der Waals surface area contributed by atoms with Gasteiger partial charge in [-0.1, -0.05) is 24.3 Å². The van der Waals surface area contributed by atoms with Crippen LogP contribution in [0.4, 0.5) is 5.82 Å². The van der Waals surface area contributed by atoms with Gasteiger partial charge in [0.15, 0.2) is 0 Å². The van der Waals surface area contributed by atoms with E-state index in [9.17, 15) is 14.4 Å². The highest BCUT2D eigenvalue weighted by molar-refractivity contribution is 7.97. The highest BCUT2D eigenvalue weighted by Gasteiger charge is 2.36. The number of carbonyl (C=O) groups is 3. The molecule has 3 aromatic rings. The Morgan fingerprint density at radius 3 is 2.39 bits per heavy atom. The Morgan fingerprint density at radius 2 is 1.72 bits per heavy atom. The van der Waals surface area contributed by atoms with Gasteiger partial charge in [0, 0.05) is 43.0 Å². The number of ether oxygens (including phenoxy) is 1. The van der Waals surface area contributed by atoms with E-state index >= 15 is 0 Å². The molecule has 1 aliphatic heterocycles. The molecule has 0 aliphatic carbocycles. The molecule has 2 aromatic carbocycles. The third kappa shape index (κ3) is 8.59. The minimum absolute atomic E-state index is 0.0885. The lowest BCUT2D eigenvalue weighted by atomic mass is 9.99. The average Bonchev–Trinajstić information content (AvgIpc) is 3.00. The van der Waals surface area contributed by atoms with Gasteiger partial charge in [-0.2, -0.15) is 0 Å². The molecule has 0 saturated carbocycles. The number of aromatic nitrogens is 1. The Kier molecular flexibility index (Phi) is 11.4. The third-order valence-corrected chi connectivity index (χ3v) is 9.97. The number of carbonyl (C=O) groups excluding carboxylic acids is 3. The summed E-state index contributed by atoms with van der Waals surface area (Å²) in [6, 6.07) is 8.18. The van der Waals surface area contributed by atoms with Crippen molar-refractivity contribution in [3.05, 3.63) is 64.3 Å². The third-order valence-electron chi connectivity index (χ3n) is 8.73. The average molecular weight is 648 g/mol. The predicted octanol–water partition coefficient (Wildman–Crippen LogP) is 5.83. The molecular weight excluding hydrogens is 598 g/mol. The Labute approximate surface area is 277 Å². The molecule has 1 aliphatic rings. The summed E-state index contributed by atoms with van der Waals surface area (Å²) < 4.78 is 8.94. The molecular formula is C36H49N5O4S. The molecule has 2 unspecified atom stereocenters. The SMILES string of the molecule is Cc1cc(C)c(SNC(CC(=O)OC(C)(C)C)C(=O)N(C)C(Cc2ccc3c(N)nccc3c2)C(=O)N2CCCCC2)c(C)c1C. The number of anilines is 1. The van der Waals surface area contributed by atoms with E-state index < -0.39 is 23.7 Å². The van der Waals surface area contributed by atoms with Gasteiger partial charge in [0.1, 0.15) is 23.5 Å². The lowest BCUT2D eigenvalue weighted by molar-refractivity contribution is -0.157. The highest BCUT2D eigenvalue weighted by Crippen LogP contribution is 2.30. The standard InChI is InChI=1S/C36H49N5O4S/c1-22-18-23(2)32(25(4)24(22)3)46-39-29(21-31(42)45-36(5,6)7)34(43)40(8)30(35(44)41-16-10-9-11-17-41)20-26-12-13-28-27(19-26)14-15-38-33(28)37/h12-15,18-19,29-30,39H,9-11,16-17,20-21H2,1-8H3,(H2,37,38). The first-order valence-electron chi connectivity index (χ1n) is 16.1. The zero-order valence-corrected chi connectivity index (χ0v) is 29.3. The lowest BCUT2D eigenvalue weighted by Crippen LogP contribution is -2.55. The van der Waals surface area contributed by atoms with Crippen molar-refractivity contribution >= 4 is 46.3 Å². The smallest absolute Gasteiger partial charge is 0.308 e. The molecule has 46 heavy (non-hydrogen) atoms. The number of amides is 2. The van der Waals surface area contributed by atoms with Gasteiger partial charge in [0.2, 0.25) is 11.8 Å². The van der Waals surface area contributed by atoms with Gasteiger partial charge in [-0.25, -0.2) is 9.71 Å². The fraction of sp³-hybridized carbons (Fsp3) is 0.500. The maximum absolute atomic E-state index is 14.4. The van der Waals surface area contributed by atoms with Crippen LogP contribution in [0, 0.1) is 27.7 Å². The van der Waals surface area contributed by atoms with Crippen molar-refractivity contribution in [3.8, 4) is 0 Å². The highest BCUT2D eigenvalue weighted by atomic mass is 32.2. The summed E-state index contributed by atoms with van der Waals surface area (Å²) in [6.45, 7) is 15.0. The quantitative estimate of drug-likeness (QED) is 0.209. The van der Waals surface area contributed by atoms with E-state index in [-0.39, 0.29) is 18.2 Å². The van der Waals surface area contributed by atoms with Gasteiger partial charge in [-0.15, -0.1) is 0 Å². The number of likely N-dealkylation sites (tertiary alicyclic amines) is 1. The van der Waals surface area contributed by atoms with Gasteiger partial charge < -0.3 is 20.3 Å². The van der Waals surface area contributed by atoms with Crippen molar-refractivity contribution in [3.63, 3.8) is 0 Å². The number of nitrogens with zero attached hydrogens (tertiary/aromatic N) is 3. The minimum Gasteiger partial charge on any atom is -0.460 e. The van der Waals surface area contributed by atoms with Crippen LogP contribution in [0.15, 0.2) is 41.4 Å². The number of aryl methyl sites for hydroxylation is 2. The Hall–Kier alpha value is -3.63. The van der Waals surface area contributed by atoms with E-state index in [2.05, 4.69) is 36.5 Å². The topological polar surface area (TPSA) is 118 Å². The summed E-state index contributed by atoms with van der Waals surface area (Å²) in [6.07, 6.45) is 4.76. The minimum atomic E-state index is -0.926. The fourth-order valence-corrected chi connectivity index (χ4v) is 6.96. The van der Waals surface area contributed by atoms with Crippen LogP contribution in [0.2, 0.25) is 0 Å². The normalized spacial score (nSPS) is 15.0. The van der Waals surface area contributed by atoms with Crippen molar-refractivity contribution in [1.29, 1.82) is 0 Å². The molecule has 0 bridgehead atoms. The molecule has 1 saturated heterocycles. The number of nitrogens with two attached hydrogens (primary N) is 1. The number of fused-ring (bicyclic) bond motifs is 1. The van der Waals surface area contributed by atoms with Crippen LogP contribution in [-0.4, -0.2) is 70.4 Å². The first-order valence-corrected chi connectivity index (χ1v) is 16.9. The van der Waals surface area contributed by atoms with E-state index in [4.69, 9.17) is 10.5 Å². The second kappa shape index (κ2) is 14.9. The van der Waals surface area contributed by atoms with Crippen molar-refractivity contribution in [2.75, 3.05) is 25.9 Å².